The molecule has 5 heteroatoms. The van der Waals surface area contributed by atoms with Crippen LogP contribution in [0.4, 0.5) is 5.69 Å². The molecule has 0 bridgehead atoms. The Hall–Kier alpha value is -2.53. The van der Waals surface area contributed by atoms with Gasteiger partial charge in [0, 0.05) is 10.9 Å². The number of fused-ring (bicyclic) bond motifs is 1. The lowest BCUT2D eigenvalue weighted by Crippen LogP contribution is -2.44. The second kappa shape index (κ2) is 9.11. The summed E-state index contributed by atoms with van der Waals surface area (Å²) in [5.74, 6) is -0.279. The highest BCUT2D eigenvalue weighted by Crippen LogP contribution is 2.41. The molecule has 2 aromatic carbocycles. The highest BCUT2D eigenvalue weighted by Gasteiger charge is 2.30. The summed E-state index contributed by atoms with van der Waals surface area (Å²) in [5.41, 5.74) is 3.03. The fourth-order valence-electron chi connectivity index (χ4n) is 2.99. The first kappa shape index (κ1) is 20.2. The van der Waals surface area contributed by atoms with Crippen molar-refractivity contribution >= 4 is 35.3 Å². The lowest BCUT2D eigenvalue weighted by atomic mass is 10.1. The van der Waals surface area contributed by atoms with E-state index in [0.717, 1.165) is 29.0 Å². The number of nitrogens with one attached hydrogen (secondary N) is 1. The van der Waals surface area contributed by atoms with Crippen LogP contribution in [0.15, 0.2) is 58.3 Å². The number of hydrogen-bond acceptors (Lipinski definition) is 3. The Bertz CT molecular complexity index is 890. The zero-order valence-corrected chi connectivity index (χ0v) is 17.4. The molecule has 0 aliphatic carbocycles. The second-order valence-corrected chi connectivity index (χ2v) is 8.03. The van der Waals surface area contributed by atoms with E-state index in [1.54, 1.807) is 4.90 Å². The summed E-state index contributed by atoms with van der Waals surface area (Å²) in [6, 6.07) is 16.0. The van der Waals surface area contributed by atoms with E-state index >= 15 is 0 Å². The predicted octanol–water partition coefficient (Wildman–Crippen LogP) is 4.64. The minimum atomic E-state index is -0.143. The Morgan fingerprint density at radius 3 is 2.54 bits per heavy atom. The fraction of sp³-hybridized carbons (Fsp3) is 0.304. The van der Waals surface area contributed by atoms with E-state index in [2.05, 4.69) is 24.4 Å². The molecule has 1 heterocycles. The molecule has 2 amide bonds. The van der Waals surface area contributed by atoms with Crippen molar-refractivity contribution in [3.8, 4) is 0 Å². The molecule has 0 saturated heterocycles. The Morgan fingerprint density at radius 2 is 1.86 bits per heavy atom. The minimum Gasteiger partial charge on any atom is -0.352 e. The van der Waals surface area contributed by atoms with Gasteiger partial charge in [0.15, 0.2) is 0 Å². The van der Waals surface area contributed by atoms with Gasteiger partial charge in [0.05, 0.1) is 10.6 Å². The van der Waals surface area contributed by atoms with Crippen LogP contribution in [0.5, 0.6) is 0 Å². The van der Waals surface area contributed by atoms with Gasteiger partial charge < -0.3 is 5.32 Å². The molecule has 0 saturated carbocycles. The molecule has 1 aliphatic rings. The van der Waals surface area contributed by atoms with E-state index in [1.165, 1.54) is 17.3 Å². The van der Waals surface area contributed by atoms with Crippen LogP contribution in [0.25, 0.3) is 6.08 Å². The lowest BCUT2D eigenvalue weighted by molar-refractivity contribution is -0.122. The first-order valence-electron chi connectivity index (χ1n) is 9.70. The maximum Gasteiger partial charge on any atom is 0.265 e. The molecule has 28 heavy (non-hydrogen) atoms. The normalized spacial score (nSPS) is 16.0. The van der Waals surface area contributed by atoms with Gasteiger partial charge in [-0.1, -0.05) is 62.0 Å². The third-order valence-corrected chi connectivity index (χ3v) is 5.92. The van der Waals surface area contributed by atoms with Gasteiger partial charge in [0.1, 0.15) is 6.54 Å². The molecule has 146 valence electrons. The van der Waals surface area contributed by atoms with Crippen LogP contribution in [0.3, 0.4) is 0 Å². The predicted molar refractivity (Wildman–Crippen MR) is 116 cm³/mol. The van der Waals surface area contributed by atoms with Gasteiger partial charge in [0.25, 0.3) is 5.91 Å². The van der Waals surface area contributed by atoms with Gasteiger partial charge in [-0.2, -0.15) is 0 Å². The number of amides is 2. The van der Waals surface area contributed by atoms with Crippen molar-refractivity contribution in [3.05, 3.63) is 64.6 Å². The smallest absolute Gasteiger partial charge is 0.265 e. The van der Waals surface area contributed by atoms with E-state index in [0.29, 0.717) is 4.91 Å². The van der Waals surface area contributed by atoms with Crippen LogP contribution >= 0.6 is 11.8 Å². The summed E-state index contributed by atoms with van der Waals surface area (Å²) >= 11 is 1.46. The van der Waals surface area contributed by atoms with E-state index in [9.17, 15) is 9.59 Å². The van der Waals surface area contributed by atoms with Crippen molar-refractivity contribution in [2.24, 2.45) is 0 Å². The van der Waals surface area contributed by atoms with Gasteiger partial charge in [-0.3, -0.25) is 14.5 Å². The van der Waals surface area contributed by atoms with Crippen molar-refractivity contribution < 1.29 is 9.59 Å². The van der Waals surface area contributed by atoms with Crippen molar-refractivity contribution in [1.82, 2.24) is 5.32 Å². The third kappa shape index (κ3) is 4.65. The van der Waals surface area contributed by atoms with Crippen LogP contribution in [0.1, 0.15) is 38.3 Å². The summed E-state index contributed by atoms with van der Waals surface area (Å²) in [4.78, 5) is 28.8. The van der Waals surface area contributed by atoms with Crippen LogP contribution in [-0.2, 0) is 16.0 Å². The molecular formula is C23H26N2O2S. The maximum absolute atomic E-state index is 13.2. The van der Waals surface area contributed by atoms with Crippen molar-refractivity contribution in [2.75, 3.05) is 11.4 Å². The summed E-state index contributed by atoms with van der Waals surface area (Å²) < 4.78 is 0. The number of hydrogen-bond donors (Lipinski definition) is 1. The highest BCUT2D eigenvalue weighted by atomic mass is 32.2. The number of para-hydroxylation sites is 1. The topological polar surface area (TPSA) is 49.4 Å². The SMILES string of the molecule is CCc1ccc(/C=C2/Sc3ccccc3N(CC(=O)N[C@H](C)CC)C2=O)cc1. The Labute approximate surface area is 171 Å². The van der Waals surface area contributed by atoms with Gasteiger partial charge in [0.2, 0.25) is 5.91 Å². The van der Waals surface area contributed by atoms with Gasteiger partial charge >= 0.3 is 0 Å². The fourth-order valence-corrected chi connectivity index (χ4v) is 4.05. The standard InChI is InChI=1S/C23H26N2O2S/c1-4-16(3)24-22(26)15-25-19-8-6-7-9-20(19)28-21(23(25)27)14-18-12-10-17(5-2)11-13-18/h6-14,16H,4-5,15H2,1-3H3,(H,24,26)/b21-14+/t16-/m1/s1. The van der Waals surface area contributed by atoms with Crippen LogP contribution in [0.2, 0.25) is 0 Å². The quantitative estimate of drug-likeness (QED) is 0.726. The van der Waals surface area contributed by atoms with Gasteiger partial charge in [-0.05, 0) is 49.1 Å². The number of anilines is 1. The number of rotatable bonds is 6. The number of carbonyl (C=O) groups is 2. The maximum atomic E-state index is 13.2. The zero-order valence-electron chi connectivity index (χ0n) is 16.6. The lowest BCUT2D eigenvalue weighted by Gasteiger charge is -2.30. The monoisotopic (exact) mass is 394 g/mol. The average Bonchev–Trinajstić information content (AvgIpc) is 2.71. The number of nitrogens with zero attached hydrogens (tertiary/aromatic N) is 1. The summed E-state index contributed by atoms with van der Waals surface area (Å²) in [7, 11) is 0. The van der Waals surface area contributed by atoms with Gasteiger partial charge in [-0.15, -0.1) is 0 Å². The van der Waals surface area contributed by atoms with Crippen LogP contribution < -0.4 is 10.2 Å². The first-order chi connectivity index (χ1) is 13.5. The third-order valence-electron chi connectivity index (χ3n) is 4.84. The molecule has 4 nitrogen and oxygen atoms in total. The molecule has 2 aromatic rings. The molecule has 1 atom stereocenters. The van der Waals surface area contributed by atoms with Crippen molar-refractivity contribution in [3.63, 3.8) is 0 Å². The van der Waals surface area contributed by atoms with Gasteiger partial charge in [-0.25, -0.2) is 0 Å². The Morgan fingerprint density at radius 1 is 1.14 bits per heavy atom. The molecule has 0 radical (unpaired) electrons. The Kier molecular flexibility index (Phi) is 6.57. The number of carbonyl (C=O) groups excluding carboxylic acids is 2. The molecular weight excluding hydrogens is 368 g/mol. The molecule has 0 unspecified atom stereocenters. The van der Waals surface area contributed by atoms with E-state index in [1.807, 2.05) is 56.3 Å². The summed E-state index contributed by atoms with van der Waals surface area (Å²) in [6.45, 7) is 6.12. The Balaban J connectivity index is 1.89. The second-order valence-electron chi connectivity index (χ2n) is 6.94. The molecule has 1 aliphatic heterocycles. The van der Waals surface area contributed by atoms with Crippen molar-refractivity contribution in [1.29, 1.82) is 0 Å². The first-order valence-corrected chi connectivity index (χ1v) is 10.5. The zero-order chi connectivity index (χ0) is 20.1. The molecule has 0 aromatic heterocycles. The molecule has 0 spiro atoms. The minimum absolute atomic E-state index is 0.0207. The summed E-state index contributed by atoms with van der Waals surface area (Å²) in [6.07, 6.45) is 3.74. The van der Waals surface area contributed by atoms with Crippen molar-refractivity contribution in [2.45, 2.75) is 44.6 Å². The van der Waals surface area contributed by atoms with E-state index in [4.69, 9.17) is 0 Å². The highest BCUT2D eigenvalue weighted by molar-refractivity contribution is 8.04. The van der Waals surface area contributed by atoms with E-state index < -0.39 is 0 Å². The molecule has 3 rings (SSSR count). The summed E-state index contributed by atoms with van der Waals surface area (Å²) in [5, 5.41) is 2.95. The van der Waals surface area contributed by atoms with Crippen LogP contribution in [-0.4, -0.2) is 24.4 Å². The number of benzene rings is 2. The average molecular weight is 395 g/mol. The largest absolute Gasteiger partial charge is 0.352 e. The molecule has 0 fully saturated rings. The number of thioether (sulfide) groups is 1. The molecule has 1 N–H and O–H groups in total. The van der Waals surface area contributed by atoms with Crippen LogP contribution in [0, 0.1) is 0 Å². The number of aryl methyl sites for hydroxylation is 1. The van der Waals surface area contributed by atoms with E-state index in [-0.39, 0.29) is 24.4 Å².